The molecule has 0 bridgehead atoms. The first-order valence-corrected chi connectivity index (χ1v) is 10.1. The van der Waals surface area contributed by atoms with Crippen molar-refractivity contribution in [2.24, 2.45) is 5.92 Å². The Hall–Kier alpha value is -2.37. The summed E-state index contributed by atoms with van der Waals surface area (Å²) in [7, 11) is 0. The molecule has 6 heteroatoms. The first-order valence-electron chi connectivity index (χ1n) is 10.1. The van der Waals surface area contributed by atoms with Gasteiger partial charge in [-0.2, -0.15) is 13.2 Å². The van der Waals surface area contributed by atoms with Crippen LogP contribution in [-0.2, 0) is 11.2 Å². The largest absolute Gasteiger partial charge is 0.462 e. The minimum absolute atomic E-state index is 0.0658. The van der Waals surface area contributed by atoms with Crippen LogP contribution in [-0.4, -0.2) is 23.7 Å². The van der Waals surface area contributed by atoms with Gasteiger partial charge in [-0.3, -0.25) is 4.98 Å². The highest BCUT2D eigenvalue weighted by Gasteiger charge is 2.38. The number of carbonyl (C=O) groups is 1. The molecule has 0 radical (unpaired) electrons. The summed E-state index contributed by atoms with van der Waals surface area (Å²) in [5.74, 6) is -2.04. The van der Waals surface area contributed by atoms with Crippen molar-refractivity contribution in [2.45, 2.75) is 58.5 Å². The van der Waals surface area contributed by atoms with Gasteiger partial charge in [-0.05, 0) is 43.0 Å². The summed E-state index contributed by atoms with van der Waals surface area (Å²) < 4.78 is 44.1. The number of unbranched alkanes of at least 4 members (excludes halogenated alkanes) is 1. The van der Waals surface area contributed by atoms with E-state index in [2.05, 4.69) is 11.9 Å². The fraction of sp³-hybridized carbons (Fsp3) is 0.478. The number of halogens is 3. The first kappa shape index (κ1) is 22.9. The van der Waals surface area contributed by atoms with Crippen LogP contribution in [0.15, 0.2) is 42.6 Å². The maximum Gasteiger partial charge on any atom is 0.391 e. The Balaban J connectivity index is 1.91. The minimum Gasteiger partial charge on any atom is -0.462 e. The van der Waals surface area contributed by atoms with Gasteiger partial charge in [0.25, 0.3) is 0 Å². The molecule has 0 aliphatic rings. The van der Waals surface area contributed by atoms with Gasteiger partial charge in [-0.15, -0.1) is 0 Å². The number of esters is 1. The van der Waals surface area contributed by atoms with E-state index in [0.717, 1.165) is 24.1 Å². The Labute approximate surface area is 170 Å². The Bertz CT molecular complexity index is 755. The lowest BCUT2D eigenvalue weighted by Gasteiger charge is -2.19. The van der Waals surface area contributed by atoms with Crippen LogP contribution in [0.5, 0.6) is 0 Å². The van der Waals surface area contributed by atoms with Crippen molar-refractivity contribution in [3.05, 3.63) is 53.7 Å². The van der Waals surface area contributed by atoms with E-state index < -0.39 is 18.1 Å². The molecule has 0 aliphatic carbocycles. The third-order valence-corrected chi connectivity index (χ3v) is 4.85. The number of pyridine rings is 1. The van der Waals surface area contributed by atoms with Gasteiger partial charge in [0.15, 0.2) is 0 Å². The standard InChI is InChI=1S/C23H28F3NO2/c1-3-5-7-20(23(24,25)26)14-15-29-22(28)19-11-9-18(10-12-19)21-13-8-17(6-4-2)16-27-21/h8-13,16,20H,3-7,14-15H2,1-2H3. The quantitative estimate of drug-likeness (QED) is 0.416. The number of aromatic nitrogens is 1. The number of hydrogen-bond acceptors (Lipinski definition) is 3. The van der Waals surface area contributed by atoms with E-state index in [-0.39, 0.29) is 19.4 Å². The fourth-order valence-corrected chi connectivity index (χ4v) is 3.11. The van der Waals surface area contributed by atoms with Crippen LogP contribution in [0.25, 0.3) is 11.3 Å². The summed E-state index contributed by atoms with van der Waals surface area (Å²) >= 11 is 0. The van der Waals surface area contributed by atoms with Gasteiger partial charge in [-0.1, -0.05) is 51.3 Å². The topological polar surface area (TPSA) is 39.2 Å². The van der Waals surface area contributed by atoms with Gasteiger partial charge in [0.1, 0.15) is 0 Å². The smallest absolute Gasteiger partial charge is 0.391 e. The molecule has 1 aromatic heterocycles. The third-order valence-electron chi connectivity index (χ3n) is 4.85. The van der Waals surface area contributed by atoms with Crippen LogP contribution < -0.4 is 0 Å². The number of benzene rings is 1. The Morgan fingerprint density at radius 2 is 1.76 bits per heavy atom. The Kier molecular flexibility index (Phi) is 8.68. The van der Waals surface area contributed by atoms with Crippen LogP contribution in [0.2, 0.25) is 0 Å². The van der Waals surface area contributed by atoms with Gasteiger partial charge in [0, 0.05) is 11.8 Å². The van der Waals surface area contributed by atoms with E-state index in [4.69, 9.17) is 4.74 Å². The lowest BCUT2D eigenvalue weighted by Crippen LogP contribution is -2.25. The van der Waals surface area contributed by atoms with E-state index in [1.807, 2.05) is 25.3 Å². The fourth-order valence-electron chi connectivity index (χ4n) is 3.11. The Morgan fingerprint density at radius 1 is 1.03 bits per heavy atom. The SMILES string of the molecule is CCCCC(CCOC(=O)c1ccc(-c2ccc(CCC)cn2)cc1)C(F)(F)F. The molecule has 0 amide bonds. The van der Waals surface area contributed by atoms with Gasteiger partial charge >= 0.3 is 12.1 Å². The summed E-state index contributed by atoms with van der Waals surface area (Å²) in [6, 6.07) is 10.7. The predicted octanol–water partition coefficient (Wildman–Crippen LogP) is 6.62. The maximum atomic E-state index is 13.0. The zero-order valence-electron chi connectivity index (χ0n) is 17.0. The molecular weight excluding hydrogens is 379 g/mol. The monoisotopic (exact) mass is 407 g/mol. The molecule has 158 valence electrons. The van der Waals surface area contributed by atoms with Crippen LogP contribution in [0.1, 0.15) is 61.9 Å². The van der Waals surface area contributed by atoms with Crippen molar-refractivity contribution in [3.8, 4) is 11.3 Å². The highest BCUT2D eigenvalue weighted by atomic mass is 19.4. The second-order valence-corrected chi connectivity index (χ2v) is 7.18. The van der Waals surface area contributed by atoms with Crippen molar-refractivity contribution < 1.29 is 22.7 Å². The van der Waals surface area contributed by atoms with Crippen LogP contribution >= 0.6 is 0 Å². The highest BCUT2D eigenvalue weighted by molar-refractivity contribution is 5.90. The molecular formula is C23H28F3NO2. The normalized spacial score (nSPS) is 12.6. The number of ether oxygens (including phenoxy) is 1. The average Bonchev–Trinajstić information content (AvgIpc) is 2.70. The number of alkyl halides is 3. The van der Waals surface area contributed by atoms with Gasteiger partial charge in [0.05, 0.1) is 23.8 Å². The third kappa shape index (κ3) is 7.18. The average molecular weight is 407 g/mol. The molecule has 2 aromatic rings. The molecule has 0 N–H and O–H groups in total. The molecule has 29 heavy (non-hydrogen) atoms. The zero-order valence-corrected chi connectivity index (χ0v) is 17.0. The highest BCUT2D eigenvalue weighted by Crippen LogP contribution is 2.32. The van der Waals surface area contributed by atoms with Crippen molar-refractivity contribution in [3.63, 3.8) is 0 Å². The van der Waals surface area contributed by atoms with Crippen LogP contribution in [0.3, 0.4) is 0 Å². The molecule has 0 saturated carbocycles. The summed E-state index contributed by atoms with van der Waals surface area (Å²) in [4.78, 5) is 16.6. The number of carbonyl (C=O) groups excluding carboxylic acids is 1. The minimum atomic E-state index is -4.26. The number of aryl methyl sites for hydroxylation is 1. The van der Waals surface area contributed by atoms with Crippen molar-refractivity contribution in [2.75, 3.05) is 6.61 Å². The molecule has 1 unspecified atom stereocenters. The number of hydrogen-bond donors (Lipinski definition) is 0. The molecule has 2 rings (SSSR count). The summed E-state index contributed by atoms with van der Waals surface area (Å²) in [6.07, 6.45) is 0.685. The molecule has 0 spiro atoms. The van der Waals surface area contributed by atoms with Crippen LogP contribution in [0.4, 0.5) is 13.2 Å². The second-order valence-electron chi connectivity index (χ2n) is 7.18. The van der Waals surface area contributed by atoms with Crippen molar-refractivity contribution in [1.29, 1.82) is 0 Å². The molecule has 0 fully saturated rings. The predicted molar refractivity (Wildman–Crippen MR) is 108 cm³/mol. The summed E-state index contributed by atoms with van der Waals surface area (Å²) in [5.41, 5.74) is 3.15. The van der Waals surface area contributed by atoms with E-state index in [1.165, 1.54) is 5.56 Å². The van der Waals surface area contributed by atoms with Crippen LogP contribution in [0, 0.1) is 5.92 Å². The van der Waals surface area contributed by atoms with E-state index >= 15 is 0 Å². The van der Waals surface area contributed by atoms with Gasteiger partial charge < -0.3 is 4.74 Å². The maximum absolute atomic E-state index is 13.0. The first-order chi connectivity index (χ1) is 13.8. The molecule has 1 heterocycles. The lowest BCUT2D eigenvalue weighted by atomic mass is 9.98. The number of nitrogens with zero attached hydrogens (tertiary/aromatic N) is 1. The van der Waals surface area contributed by atoms with Gasteiger partial charge in [-0.25, -0.2) is 4.79 Å². The molecule has 1 aromatic carbocycles. The molecule has 1 atom stereocenters. The molecule has 3 nitrogen and oxygen atoms in total. The van der Waals surface area contributed by atoms with E-state index in [9.17, 15) is 18.0 Å². The van der Waals surface area contributed by atoms with Crippen molar-refractivity contribution in [1.82, 2.24) is 4.98 Å². The Morgan fingerprint density at radius 3 is 2.31 bits per heavy atom. The van der Waals surface area contributed by atoms with E-state index in [1.54, 1.807) is 24.3 Å². The summed E-state index contributed by atoms with van der Waals surface area (Å²) in [5, 5.41) is 0. The van der Waals surface area contributed by atoms with Gasteiger partial charge in [0.2, 0.25) is 0 Å². The molecule has 0 saturated heterocycles. The van der Waals surface area contributed by atoms with Crippen molar-refractivity contribution >= 4 is 5.97 Å². The zero-order chi connectivity index (χ0) is 21.3. The molecule has 0 aliphatic heterocycles. The second kappa shape index (κ2) is 11.0. The lowest BCUT2D eigenvalue weighted by molar-refractivity contribution is -0.180. The number of rotatable bonds is 10. The summed E-state index contributed by atoms with van der Waals surface area (Å²) in [6.45, 7) is 3.72. The van der Waals surface area contributed by atoms with E-state index in [0.29, 0.717) is 18.4 Å².